The van der Waals surface area contributed by atoms with Gasteiger partial charge in [-0.05, 0) is 33.7 Å². The van der Waals surface area contributed by atoms with E-state index in [1.54, 1.807) is 10.9 Å². The smallest absolute Gasteiger partial charge is 0.407 e. The number of nitrogens with one attached hydrogen (secondary N) is 2. The van der Waals surface area contributed by atoms with Crippen molar-refractivity contribution in [2.45, 2.75) is 39.3 Å². The predicted octanol–water partition coefficient (Wildman–Crippen LogP) is 0.782. The topological polar surface area (TPSA) is 81.1 Å². The van der Waals surface area contributed by atoms with Gasteiger partial charge in [-0.15, -0.1) is 5.10 Å². The minimum absolute atomic E-state index is 0.366. The summed E-state index contributed by atoms with van der Waals surface area (Å²) in [4.78, 5) is 11.3. The Bertz CT molecular complexity index is 359. The second kappa shape index (κ2) is 7.73. The molecular formula is C12H23N5O2. The van der Waals surface area contributed by atoms with E-state index in [2.05, 4.69) is 20.9 Å². The zero-order valence-electron chi connectivity index (χ0n) is 11.8. The number of hydrogen-bond acceptors (Lipinski definition) is 5. The molecule has 7 heteroatoms. The van der Waals surface area contributed by atoms with Crippen LogP contribution in [0.25, 0.3) is 0 Å². The number of aromatic nitrogens is 3. The Hall–Kier alpha value is -1.63. The van der Waals surface area contributed by atoms with Crippen molar-refractivity contribution >= 4 is 6.09 Å². The normalized spacial score (nSPS) is 11.3. The molecule has 0 spiro atoms. The number of ether oxygens (including phenoxy) is 1. The largest absolute Gasteiger partial charge is 0.444 e. The van der Waals surface area contributed by atoms with Crippen molar-refractivity contribution in [3.8, 4) is 0 Å². The highest BCUT2D eigenvalue weighted by Crippen LogP contribution is 2.06. The van der Waals surface area contributed by atoms with Crippen LogP contribution in [-0.4, -0.2) is 46.3 Å². The van der Waals surface area contributed by atoms with E-state index in [9.17, 15) is 4.79 Å². The number of rotatable bonds is 7. The molecule has 0 aliphatic carbocycles. The van der Waals surface area contributed by atoms with Crippen LogP contribution in [0.3, 0.4) is 0 Å². The van der Waals surface area contributed by atoms with Crippen molar-refractivity contribution in [1.82, 2.24) is 25.6 Å². The molecule has 1 aromatic rings. The van der Waals surface area contributed by atoms with E-state index in [-0.39, 0.29) is 6.09 Å². The van der Waals surface area contributed by atoms with E-state index in [1.165, 1.54) is 0 Å². The molecule has 0 aromatic carbocycles. The first-order valence-electron chi connectivity index (χ1n) is 6.49. The summed E-state index contributed by atoms with van der Waals surface area (Å²) in [6.07, 6.45) is 3.97. The first-order chi connectivity index (χ1) is 8.97. The predicted molar refractivity (Wildman–Crippen MR) is 71.7 cm³/mol. The first-order valence-corrected chi connectivity index (χ1v) is 6.49. The van der Waals surface area contributed by atoms with Crippen molar-refractivity contribution in [3.63, 3.8) is 0 Å². The molecule has 0 saturated heterocycles. The molecule has 1 rings (SSSR count). The Labute approximate surface area is 113 Å². The highest BCUT2D eigenvalue weighted by molar-refractivity contribution is 5.67. The fourth-order valence-corrected chi connectivity index (χ4v) is 1.39. The molecule has 0 saturated carbocycles. The van der Waals surface area contributed by atoms with Gasteiger partial charge in [-0.3, -0.25) is 4.68 Å². The SMILES string of the molecule is CC(C)(C)OC(=O)NCCCNCCn1ccnn1. The minimum Gasteiger partial charge on any atom is -0.444 e. The summed E-state index contributed by atoms with van der Waals surface area (Å²) in [7, 11) is 0. The highest BCUT2D eigenvalue weighted by Gasteiger charge is 2.15. The van der Waals surface area contributed by atoms with E-state index < -0.39 is 5.60 Å². The second-order valence-corrected chi connectivity index (χ2v) is 5.20. The molecule has 108 valence electrons. The molecular weight excluding hydrogens is 246 g/mol. The number of nitrogens with zero attached hydrogens (tertiary/aromatic N) is 3. The van der Waals surface area contributed by atoms with Crippen LogP contribution >= 0.6 is 0 Å². The Morgan fingerprint density at radius 3 is 2.74 bits per heavy atom. The number of carbonyl (C=O) groups excluding carboxylic acids is 1. The Balaban J connectivity index is 1.92. The van der Waals surface area contributed by atoms with Crippen LogP contribution in [0.5, 0.6) is 0 Å². The van der Waals surface area contributed by atoms with Crippen LogP contribution in [-0.2, 0) is 11.3 Å². The van der Waals surface area contributed by atoms with Gasteiger partial charge in [0.1, 0.15) is 5.60 Å². The summed E-state index contributed by atoms with van der Waals surface area (Å²) < 4.78 is 6.90. The number of carbonyl (C=O) groups is 1. The van der Waals surface area contributed by atoms with Crippen molar-refractivity contribution in [2.24, 2.45) is 0 Å². The van der Waals surface area contributed by atoms with Gasteiger partial charge in [-0.2, -0.15) is 0 Å². The number of hydrogen-bond donors (Lipinski definition) is 2. The van der Waals surface area contributed by atoms with Crippen LogP contribution in [0.2, 0.25) is 0 Å². The van der Waals surface area contributed by atoms with Gasteiger partial charge < -0.3 is 15.4 Å². The van der Waals surface area contributed by atoms with Gasteiger partial charge >= 0.3 is 6.09 Å². The van der Waals surface area contributed by atoms with Crippen LogP contribution in [0, 0.1) is 0 Å². The summed E-state index contributed by atoms with van der Waals surface area (Å²) in [6, 6.07) is 0. The summed E-state index contributed by atoms with van der Waals surface area (Å²) in [5, 5.41) is 13.6. The molecule has 0 fully saturated rings. The lowest BCUT2D eigenvalue weighted by molar-refractivity contribution is 0.0527. The zero-order valence-corrected chi connectivity index (χ0v) is 11.8. The van der Waals surface area contributed by atoms with Crippen LogP contribution in [0.4, 0.5) is 4.79 Å². The highest BCUT2D eigenvalue weighted by atomic mass is 16.6. The molecule has 1 amide bonds. The Morgan fingerprint density at radius 1 is 1.32 bits per heavy atom. The molecule has 0 aliphatic rings. The quantitative estimate of drug-likeness (QED) is 0.715. The van der Waals surface area contributed by atoms with Gasteiger partial charge in [-0.25, -0.2) is 4.79 Å². The molecule has 19 heavy (non-hydrogen) atoms. The molecule has 0 atom stereocenters. The maximum Gasteiger partial charge on any atom is 0.407 e. The number of amides is 1. The maximum atomic E-state index is 11.3. The van der Waals surface area contributed by atoms with Crippen LogP contribution in [0.1, 0.15) is 27.2 Å². The van der Waals surface area contributed by atoms with E-state index in [1.807, 2.05) is 27.0 Å². The minimum atomic E-state index is -0.444. The summed E-state index contributed by atoms with van der Waals surface area (Å²) in [5.74, 6) is 0. The Morgan fingerprint density at radius 2 is 2.11 bits per heavy atom. The average Bonchev–Trinajstić information content (AvgIpc) is 2.78. The van der Waals surface area contributed by atoms with Gasteiger partial charge in [0, 0.05) is 19.3 Å². The van der Waals surface area contributed by atoms with E-state index >= 15 is 0 Å². The second-order valence-electron chi connectivity index (χ2n) is 5.20. The van der Waals surface area contributed by atoms with Crippen LogP contribution < -0.4 is 10.6 Å². The van der Waals surface area contributed by atoms with E-state index in [0.29, 0.717) is 6.54 Å². The fourth-order valence-electron chi connectivity index (χ4n) is 1.39. The van der Waals surface area contributed by atoms with Crippen LogP contribution in [0.15, 0.2) is 12.4 Å². The number of alkyl carbamates (subject to hydrolysis) is 1. The lowest BCUT2D eigenvalue weighted by Gasteiger charge is -2.19. The lowest BCUT2D eigenvalue weighted by atomic mass is 10.2. The monoisotopic (exact) mass is 269 g/mol. The third kappa shape index (κ3) is 8.15. The molecule has 0 radical (unpaired) electrons. The summed E-state index contributed by atoms with van der Waals surface area (Å²) in [6.45, 7) is 8.60. The molecule has 1 heterocycles. The van der Waals surface area contributed by atoms with Crippen molar-refractivity contribution in [3.05, 3.63) is 12.4 Å². The summed E-state index contributed by atoms with van der Waals surface area (Å²) in [5.41, 5.74) is -0.444. The van der Waals surface area contributed by atoms with Gasteiger partial charge in [0.15, 0.2) is 0 Å². The van der Waals surface area contributed by atoms with Crippen molar-refractivity contribution < 1.29 is 9.53 Å². The molecule has 0 bridgehead atoms. The molecule has 0 aliphatic heterocycles. The van der Waals surface area contributed by atoms with Gasteiger partial charge in [0.05, 0.1) is 12.7 Å². The third-order valence-corrected chi connectivity index (χ3v) is 2.19. The van der Waals surface area contributed by atoms with Crippen molar-refractivity contribution in [1.29, 1.82) is 0 Å². The van der Waals surface area contributed by atoms with Gasteiger partial charge in [0.2, 0.25) is 0 Å². The zero-order chi connectivity index (χ0) is 14.1. The standard InChI is InChI=1S/C12H23N5O2/c1-12(2,3)19-11(18)14-6-4-5-13-7-9-17-10-8-15-16-17/h8,10,13H,4-7,9H2,1-3H3,(H,14,18). The van der Waals surface area contributed by atoms with Crippen molar-refractivity contribution in [2.75, 3.05) is 19.6 Å². The molecule has 2 N–H and O–H groups in total. The third-order valence-electron chi connectivity index (χ3n) is 2.19. The Kier molecular flexibility index (Phi) is 6.27. The van der Waals surface area contributed by atoms with E-state index in [0.717, 1.165) is 26.1 Å². The average molecular weight is 269 g/mol. The van der Waals surface area contributed by atoms with Gasteiger partial charge in [0.25, 0.3) is 0 Å². The lowest BCUT2D eigenvalue weighted by Crippen LogP contribution is -2.34. The molecule has 7 nitrogen and oxygen atoms in total. The summed E-state index contributed by atoms with van der Waals surface area (Å²) >= 11 is 0. The van der Waals surface area contributed by atoms with Gasteiger partial charge in [-0.1, -0.05) is 5.21 Å². The molecule has 0 unspecified atom stereocenters. The first kappa shape index (κ1) is 15.4. The fraction of sp³-hybridized carbons (Fsp3) is 0.750. The molecule has 1 aromatic heterocycles. The maximum absolute atomic E-state index is 11.3. The van der Waals surface area contributed by atoms with E-state index in [4.69, 9.17) is 4.74 Å².